The SMILES string of the molecule is COc1ccc(C=O)cc1OCC(=O)NCCc1ccccc1. The molecule has 0 radical (unpaired) electrons. The Morgan fingerprint density at radius 1 is 1.13 bits per heavy atom. The van der Waals surface area contributed by atoms with E-state index in [2.05, 4.69) is 5.32 Å². The van der Waals surface area contributed by atoms with Crippen LogP contribution in [0, 0.1) is 0 Å². The van der Waals surface area contributed by atoms with E-state index in [-0.39, 0.29) is 12.5 Å². The highest BCUT2D eigenvalue weighted by molar-refractivity contribution is 5.78. The minimum absolute atomic E-state index is 0.131. The average molecular weight is 313 g/mol. The molecule has 2 aromatic rings. The van der Waals surface area contributed by atoms with Crippen molar-refractivity contribution in [3.05, 3.63) is 59.7 Å². The first-order chi connectivity index (χ1) is 11.2. The number of amides is 1. The van der Waals surface area contributed by atoms with Gasteiger partial charge in [0.2, 0.25) is 0 Å². The smallest absolute Gasteiger partial charge is 0.257 e. The third-order valence-corrected chi connectivity index (χ3v) is 3.26. The highest BCUT2D eigenvalue weighted by Gasteiger charge is 2.08. The topological polar surface area (TPSA) is 64.6 Å². The van der Waals surface area contributed by atoms with Crippen LogP contribution in [0.1, 0.15) is 15.9 Å². The average Bonchev–Trinajstić information content (AvgIpc) is 2.60. The van der Waals surface area contributed by atoms with E-state index in [9.17, 15) is 9.59 Å². The molecular weight excluding hydrogens is 294 g/mol. The fourth-order valence-electron chi connectivity index (χ4n) is 2.06. The van der Waals surface area contributed by atoms with E-state index in [4.69, 9.17) is 9.47 Å². The Hall–Kier alpha value is -2.82. The van der Waals surface area contributed by atoms with Crippen molar-refractivity contribution in [1.29, 1.82) is 0 Å². The van der Waals surface area contributed by atoms with Gasteiger partial charge in [-0.3, -0.25) is 9.59 Å². The van der Waals surface area contributed by atoms with Crippen LogP contribution in [0.3, 0.4) is 0 Å². The molecule has 0 atom stereocenters. The molecule has 0 unspecified atom stereocenters. The number of hydrogen-bond acceptors (Lipinski definition) is 4. The third kappa shape index (κ3) is 5.14. The van der Waals surface area contributed by atoms with Crippen LogP contribution in [0.5, 0.6) is 11.5 Å². The van der Waals surface area contributed by atoms with Crippen LogP contribution >= 0.6 is 0 Å². The second kappa shape index (κ2) is 8.58. The standard InChI is InChI=1S/C18H19NO4/c1-22-16-8-7-15(12-20)11-17(16)23-13-18(21)19-10-9-14-5-3-2-4-6-14/h2-8,11-12H,9-10,13H2,1H3,(H,19,21). The Bertz CT molecular complexity index is 655. The number of aldehydes is 1. The molecular formula is C18H19NO4. The summed E-state index contributed by atoms with van der Waals surface area (Å²) in [5, 5.41) is 2.79. The summed E-state index contributed by atoms with van der Waals surface area (Å²) < 4.78 is 10.6. The van der Waals surface area contributed by atoms with E-state index in [1.807, 2.05) is 30.3 Å². The highest BCUT2D eigenvalue weighted by Crippen LogP contribution is 2.27. The van der Waals surface area contributed by atoms with Crippen LogP contribution in [0.2, 0.25) is 0 Å². The number of ether oxygens (including phenoxy) is 2. The van der Waals surface area contributed by atoms with E-state index in [0.29, 0.717) is 29.9 Å². The first-order valence-electron chi connectivity index (χ1n) is 7.29. The summed E-state index contributed by atoms with van der Waals surface area (Å²) in [6.07, 6.45) is 1.47. The van der Waals surface area contributed by atoms with E-state index in [1.54, 1.807) is 18.2 Å². The zero-order chi connectivity index (χ0) is 16.5. The van der Waals surface area contributed by atoms with Gasteiger partial charge in [0.25, 0.3) is 5.91 Å². The quantitative estimate of drug-likeness (QED) is 0.759. The summed E-state index contributed by atoms with van der Waals surface area (Å²) in [5.74, 6) is 0.627. The van der Waals surface area contributed by atoms with E-state index in [1.165, 1.54) is 7.11 Å². The second-order valence-electron chi connectivity index (χ2n) is 4.90. The fraction of sp³-hybridized carbons (Fsp3) is 0.222. The van der Waals surface area contributed by atoms with Gasteiger partial charge in [-0.2, -0.15) is 0 Å². The van der Waals surface area contributed by atoms with Crippen molar-refractivity contribution >= 4 is 12.2 Å². The molecule has 2 rings (SSSR count). The summed E-state index contributed by atoms with van der Waals surface area (Å²) in [6.45, 7) is 0.408. The van der Waals surface area contributed by atoms with Gasteiger partial charge in [-0.05, 0) is 30.2 Å². The molecule has 120 valence electrons. The van der Waals surface area contributed by atoms with Gasteiger partial charge in [0.15, 0.2) is 18.1 Å². The zero-order valence-corrected chi connectivity index (χ0v) is 13.0. The first-order valence-corrected chi connectivity index (χ1v) is 7.29. The van der Waals surface area contributed by atoms with Gasteiger partial charge in [-0.25, -0.2) is 0 Å². The Morgan fingerprint density at radius 3 is 2.61 bits per heavy atom. The number of methoxy groups -OCH3 is 1. The van der Waals surface area contributed by atoms with Crippen LogP contribution in [0.25, 0.3) is 0 Å². The molecule has 0 saturated heterocycles. The molecule has 0 spiro atoms. The zero-order valence-electron chi connectivity index (χ0n) is 13.0. The lowest BCUT2D eigenvalue weighted by Crippen LogP contribution is -2.30. The minimum atomic E-state index is -0.223. The molecule has 0 aliphatic rings. The van der Waals surface area contributed by atoms with E-state index in [0.717, 1.165) is 12.0 Å². The molecule has 0 heterocycles. The number of hydrogen-bond donors (Lipinski definition) is 1. The Morgan fingerprint density at radius 2 is 1.91 bits per heavy atom. The fourth-order valence-corrected chi connectivity index (χ4v) is 2.06. The number of benzene rings is 2. The summed E-state index contributed by atoms with van der Waals surface area (Å²) in [4.78, 5) is 22.6. The van der Waals surface area contributed by atoms with Crippen molar-refractivity contribution in [2.45, 2.75) is 6.42 Å². The van der Waals surface area contributed by atoms with Crippen molar-refractivity contribution < 1.29 is 19.1 Å². The van der Waals surface area contributed by atoms with Gasteiger partial charge in [0.1, 0.15) is 6.29 Å². The number of nitrogens with one attached hydrogen (secondary N) is 1. The molecule has 0 aliphatic heterocycles. The van der Waals surface area contributed by atoms with E-state index < -0.39 is 0 Å². The molecule has 0 saturated carbocycles. The largest absolute Gasteiger partial charge is 0.493 e. The maximum absolute atomic E-state index is 11.8. The van der Waals surface area contributed by atoms with Crippen molar-refractivity contribution in [1.82, 2.24) is 5.32 Å². The van der Waals surface area contributed by atoms with Crippen molar-refractivity contribution in [3.8, 4) is 11.5 Å². The molecule has 1 N–H and O–H groups in total. The van der Waals surface area contributed by atoms with Crippen molar-refractivity contribution in [2.75, 3.05) is 20.3 Å². The van der Waals surface area contributed by atoms with Gasteiger partial charge < -0.3 is 14.8 Å². The predicted molar refractivity (Wildman–Crippen MR) is 87.0 cm³/mol. The third-order valence-electron chi connectivity index (χ3n) is 3.26. The number of carbonyl (C=O) groups excluding carboxylic acids is 2. The number of carbonyl (C=O) groups is 2. The van der Waals surface area contributed by atoms with Gasteiger partial charge in [0.05, 0.1) is 7.11 Å². The molecule has 0 fully saturated rings. The van der Waals surface area contributed by atoms with Gasteiger partial charge in [-0.15, -0.1) is 0 Å². The first kappa shape index (κ1) is 16.5. The molecule has 0 aromatic heterocycles. The molecule has 2 aromatic carbocycles. The highest BCUT2D eigenvalue weighted by atomic mass is 16.5. The van der Waals surface area contributed by atoms with Crippen LogP contribution < -0.4 is 14.8 Å². The molecule has 1 amide bonds. The van der Waals surface area contributed by atoms with Crippen LogP contribution in [0.4, 0.5) is 0 Å². The van der Waals surface area contributed by atoms with Crippen LogP contribution in [0.15, 0.2) is 48.5 Å². The lowest BCUT2D eigenvalue weighted by molar-refractivity contribution is -0.123. The summed E-state index contributed by atoms with van der Waals surface area (Å²) in [7, 11) is 1.50. The van der Waals surface area contributed by atoms with Crippen molar-refractivity contribution in [2.24, 2.45) is 0 Å². The van der Waals surface area contributed by atoms with Crippen LogP contribution in [-0.2, 0) is 11.2 Å². The molecule has 0 bridgehead atoms. The summed E-state index contributed by atoms with van der Waals surface area (Å²) in [6, 6.07) is 14.7. The van der Waals surface area contributed by atoms with Crippen molar-refractivity contribution in [3.63, 3.8) is 0 Å². The van der Waals surface area contributed by atoms with Gasteiger partial charge in [0, 0.05) is 12.1 Å². The monoisotopic (exact) mass is 313 g/mol. The summed E-state index contributed by atoms with van der Waals surface area (Å²) in [5.41, 5.74) is 1.62. The summed E-state index contributed by atoms with van der Waals surface area (Å²) >= 11 is 0. The van der Waals surface area contributed by atoms with Gasteiger partial charge >= 0.3 is 0 Å². The second-order valence-corrected chi connectivity index (χ2v) is 4.90. The maximum atomic E-state index is 11.8. The predicted octanol–water partition coefficient (Wildman–Crippen LogP) is 2.25. The normalized spacial score (nSPS) is 9.96. The molecule has 5 heteroatoms. The Kier molecular flexibility index (Phi) is 6.17. The maximum Gasteiger partial charge on any atom is 0.257 e. The minimum Gasteiger partial charge on any atom is -0.493 e. The molecule has 23 heavy (non-hydrogen) atoms. The van der Waals surface area contributed by atoms with E-state index >= 15 is 0 Å². The Labute approximate surface area is 135 Å². The lowest BCUT2D eigenvalue weighted by atomic mass is 10.1. The van der Waals surface area contributed by atoms with Crippen LogP contribution in [-0.4, -0.2) is 32.5 Å². The van der Waals surface area contributed by atoms with Gasteiger partial charge in [-0.1, -0.05) is 30.3 Å². The molecule has 0 aliphatic carbocycles. The molecule has 5 nitrogen and oxygen atoms in total. The number of rotatable bonds is 8. The Balaban J connectivity index is 1.81. The lowest BCUT2D eigenvalue weighted by Gasteiger charge is -2.11.